The molecular weight excluding hydrogens is 393 g/mol. The van der Waals surface area contributed by atoms with Crippen LogP contribution in [0.15, 0.2) is 36.4 Å². The van der Waals surface area contributed by atoms with Crippen LogP contribution >= 0.6 is 11.6 Å². The smallest absolute Gasteiger partial charge is 0.422 e. The molecule has 0 bridgehead atoms. The van der Waals surface area contributed by atoms with Gasteiger partial charge in [-0.2, -0.15) is 13.2 Å². The van der Waals surface area contributed by atoms with Gasteiger partial charge in [0.15, 0.2) is 6.61 Å². The van der Waals surface area contributed by atoms with E-state index in [9.17, 15) is 23.1 Å². The Hall–Kier alpha value is -2.21. The lowest BCUT2D eigenvalue weighted by Crippen LogP contribution is -2.20. The zero-order valence-electron chi connectivity index (χ0n) is 15.2. The van der Waals surface area contributed by atoms with E-state index in [0.717, 1.165) is 18.4 Å². The number of hydrogen-bond donors (Lipinski definition) is 1. The summed E-state index contributed by atoms with van der Waals surface area (Å²) in [7, 11) is 0. The van der Waals surface area contributed by atoms with Gasteiger partial charge in [0.05, 0.1) is 10.9 Å². The van der Waals surface area contributed by atoms with Crippen LogP contribution in [0.2, 0.25) is 5.02 Å². The number of halogens is 4. The van der Waals surface area contributed by atoms with Crippen molar-refractivity contribution in [1.29, 1.82) is 0 Å². The molecule has 0 spiro atoms. The summed E-state index contributed by atoms with van der Waals surface area (Å²) >= 11 is 6.35. The molecule has 0 aromatic heterocycles. The van der Waals surface area contributed by atoms with Crippen molar-refractivity contribution >= 4 is 17.6 Å². The summed E-state index contributed by atoms with van der Waals surface area (Å²) < 4.78 is 42.9. The molecule has 0 heterocycles. The van der Waals surface area contributed by atoms with Crippen LogP contribution in [0.3, 0.4) is 0 Å². The van der Waals surface area contributed by atoms with Gasteiger partial charge in [0, 0.05) is 5.56 Å². The Bertz CT molecular complexity index is 858. The number of aliphatic carboxylic acids is 1. The first kappa shape index (κ1) is 20.5. The molecule has 1 N–H and O–H groups in total. The first-order valence-corrected chi connectivity index (χ1v) is 9.34. The highest BCUT2D eigenvalue weighted by molar-refractivity contribution is 6.34. The molecule has 2 aromatic carbocycles. The molecule has 1 fully saturated rings. The minimum absolute atomic E-state index is 0.0346. The maximum atomic E-state index is 12.6. The van der Waals surface area contributed by atoms with E-state index >= 15 is 0 Å². The first-order valence-electron chi connectivity index (χ1n) is 8.97. The van der Waals surface area contributed by atoms with Gasteiger partial charge in [0.25, 0.3) is 0 Å². The number of carboxylic acid groups (broad SMARTS) is 1. The van der Waals surface area contributed by atoms with Gasteiger partial charge in [-0.15, -0.1) is 0 Å². The zero-order valence-corrected chi connectivity index (χ0v) is 16.0. The number of benzene rings is 2. The number of carbonyl (C=O) groups is 1. The van der Waals surface area contributed by atoms with Crippen LogP contribution in [0.25, 0.3) is 11.1 Å². The van der Waals surface area contributed by atoms with Gasteiger partial charge in [-0.3, -0.25) is 4.79 Å². The van der Waals surface area contributed by atoms with E-state index in [0.29, 0.717) is 29.0 Å². The average molecular weight is 413 g/mol. The van der Waals surface area contributed by atoms with Crippen molar-refractivity contribution in [1.82, 2.24) is 0 Å². The second kappa shape index (κ2) is 8.03. The lowest BCUT2D eigenvalue weighted by atomic mass is 9.90. The Labute approximate surface area is 166 Å². The number of alkyl halides is 3. The van der Waals surface area contributed by atoms with Crippen molar-refractivity contribution in [3.05, 3.63) is 52.5 Å². The van der Waals surface area contributed by atoms with Crippen LogP contribution in [0.4, 0.5) is 13.2 Å². The molecule has 1 saturated carbocycles. The second-order valence-electron chi connectivity index (χ2n) is 7.22. The quantitative estimate of drug-likeness (QED) is 0.586. The van der Waals surface area contributed by atoms with Crippen molar-refractivity contribution in [3.8, 4) is 16.9 Å². The highest BCUT2D eigenvalue weighted by atomic mass is 35.5. The van der Waals surface area contributed by atoms with E-state index in [4.69, 9.17) is 16.3 Å². The predicted octanol–water partition coefficient (Wildman–Crippen LogP) is 6.22. The molecule has 2 aromatic rings. The summed E-state index contributed by atoms with van der Waals surface area (Å²) in [5.41, 5.74) is 2.56. The summed E-state index contributed by atoms with van der Waals surface area (Å²) in [6.07, 6.45) is -2.13. The number of hydrogen-bond acceptors (Lipinski definition) is 2. The highest BCUT2D eigenvalue weighted by Gasteiger charge is 2.32. The van der Waals surface area contributed by atoms with Gasteiger partial charge in [-0.25, -0.2) is 0 Å². The standard InChI is InChI=1S/C21H20ClF3O3/c1-12-2-6-14(7-3-12)16-9-15(17(20(26)27)8-13-4-5-13)10-18(19(16)22)28-11-21(23,24)25/h2-3,6-7,9-10,13,17H,4-5,8,11H2,1H3,(H,26,27). The topological polar surface area (TPSA) is 46.5 Å². The molecule has 3 rings (SSSR count). The van der Waals surface area contributed by atoms with Gasteiger partial charge in [-0.1, -0.05) is 54.3 Å². The third kappa shape index (κ3) is 5.19. The molecule has 0 aliphatic heterocycles. The molecule has 0 radical (unpaired) electrons. The lowest BCUT2D eigenvalue weighted by Gasteiger charge is -2.19. The monoisotopic (exact) mass is 412 g/mol. The molecule has 3 nitrogen and oxygen atoms in total. The minimum atomic E-state index is -4.52. The lowest BCUT2D eigenvalue weighted by molar-refractivity contribution is -0.153. The largest absolute Gasteiger partial charge is 0.483 e. The minimum Gasteiger partial charge on any atom is -0.483 e. The number of aryl methyl sites for hydroxylation is 1. The van der Waals surface area contributed by atoms with E-state index in [1.54, 1.807) is 18.2 Å². The van der Waals surface area contributed by atoms with E-state index in [1.165, 1.54) is 6.07 Å². The van der Waals surface area contributed by atoms with Crippen LogP contribution in [0.1, 0.15) is 36.3 Å². The summed E-state index contributed by atoms with van der Waals surface area (Å²) in [6.45, 7) is 0.416. The van der Waals surface area contributed by atoms with Crippen LogP contribution in [0.5, 0.6) is 5.75 Å². The van der Waals surface area contributed by atoms with E-state index < -0.39 is 24.7 Å². The number of carboxylic acids is 1. The third-order valence-electron chi connectivity index (χ3n) is 4.78. The number of rotatable bonds is 7. The predicted molar refractivity (Wildman–Crippen MR) is 101 cm³/mol. The molecule has 1 unspecified atom stereocenters. The second-order valence-corrected chi connectivity index (χ2v) is 7.60. The van der Waals surface area contributed by atoms with E-state index in [-0.39, 0.29) is 10.8 Å². The Balaban J connectivity index is 2.06. The highest BCUT2D eigenvalue weighted by Crippen LogP contribution is 2.43. The average Bonchev–Trinajstić information content (AvgIpc) is 3.43. The zero-order chi connectivity index (χ0) is 20.5. The molecule has 1 aliphatic carbocycles. The van der Waals surface area contributed by atoms with Gasteiger partial charge in [0.1, 0.15) is 5.75 Å². The molecule has 0 amide bonds. The summed E-state index contributed by atoms with van der Waals surface area (Å²) in [5, 5.41) is 9.70. The maximum absolute atomic E-state index is 12.6. The van der Waals surface area contributed by atoms with Gasteiger partial charge in [0.2, 0.25) is 0 Å². The summed E-state index contributed by atoms with van der Waals surface area (Å²) in [5.74, 6) is -1.65. The van der Waals surface area contributed by atoms with Crippen LogP contribution < -0.4 is 4.74 Å². The van der Waals surface area contributed by atoms with Gasteiger partial charge >= 0.3 is 12.1 Å². The molecular formula is C21H20ClF3O3. The maximum Gasteiger partial charge on any atom is 0.422 e. The van der Waals surface area contributed by atoms with E-state index in [2.05, 4.69) is 0 Å². The van der Waals surface area contributed by atoms with Crippen LogP contribution in [0, 0.1) is 12.8 Å². The third-order valence-corrected chi connectivity index (χ3v) is 5.17. The van der Waals surface area contributed by atoms with Crippen molar-refractivity contribution < 1.29 is 27.8 Å². The van der Waals surface area contributed by atoms with Gasteiger partial charge < -0.3 is 9.84 Å². The molecule has 28 heavy (non-hydrogen) atoms. The molecule has 1 atom stereocenters. The van der Waals surface area contributed by atoms with Crippen molar-refractivity contribution in [2.75, 3.05) is 6.61 Å². The Morgan fingerprint density at radius 2 is 1.89 bits per heavy atom. The van der Waals surface area contributed by atoms with Crippen LogP contribution in [-0.2, 0) is 4.79 Å². The van der Waals surface area contributed by atoms with Crippen molar-refractivity contribution in [2.24, 2.45) is 5.92 Å². The molecule has 1 aliphatic rings. The van der Waals surface area contributed by atoms with Gasteiger partial charge in [-0.05, 0) is 42.5 Å². The van der Waals surface area contributed by atoms with Crippen molar-refractivity contribution in [2.45, 2.75) is 38.3 Å². The SMILES string of the molecule is Cc1ccc(-c2cc(C(CC3CC3)C(=O)O)cc(OCC(F)(F)F)c2Cl)cc1. The summed E-state index contributed by atoms with van der Waals surface area (Å²) in [6, 6.07) is 10.3. The number of ether oxygens (including phenoxy) is 1. The fourth-order valence-electron chi connectivity index (χ4n) is 3.09. The Morgan fingerprint density at radius 1 is 1.25 bits per heavy atom. The van der Waals surface area contributed by atoms with E-state index in [1.807, 2.05) is 19.1 Å². The summed E-state index contributed by atoms with van der Waals surface area (Å²) in [4.78, 5) is 11.8. The first-order chi connectivity index (χ1) is 13.1. The fourth-order valence-corrected chi connectivity index (χ4v) is 3.37. The van der Waals surface area contributed by atoms with Crippen molar-refractivity contribution in [3.63, 3.8) is 0 Å². The molecule has 7 heteroatoms. The molecule has 150 valence electrons. The van der Waals surface area contributed by atoms with Crippen LogP contribution in [-0.4, -0.2) is 23.9 Å². The Morgan fingerprint density at radius 3 is 2.43 bits per heavy atom. The Kier molecular flexibility index (Phi) is 5.89. The normalized spacial score (nSPS) is 15.3. The molecule has 0 saturated heterocycles. The fraction of sp³-hybridized carbons (Fsp3) is 0.381.